The average Bonchev–Trinajstić information content (AvgIpc) is 2.75. The van der Waals surface area contributed by atoms with Gasteiger partial charge in [-0.2, -0.15) is 0 Å². The van der Waals surface area contributed by atoms with Crippen molar-refractivity contribution in [2.75, 3.05) is 0 Å². The van der Waals surface area contributed by atoms with Gasteiger partial charge in [-0.1, -0.05) is 28.1 Å². The predicted molar refractivity (Wildman–Crippen MR) is 76.6 cm³/mol. The van der Waals surface area contributed by atoms with Crippen molar-refractivity contribution >= 4 is 27.0 Å². The van der Waals surface area contributed by atoms with Crippen molar-refractivity contribution in [3.05, 3.63) is 52.0 Å². The Labute approximate surface area is 114 Å². The highest BCUT2D eigenvalue weighted by molar-refractivity contribution is 9.10. The maximum absolute atomic E-state index is 5.81. The predicted octanol–water partition coefficient (Wildman–Crippen LogP) is 4.87. The number of oxazole rings is 1. The summed E-state index contributed by atoms with van der Waals surface area (Å²) in [4.78, 5) is 4.56. The molecule has 0 amide bonds. The Hall–Kier alpha value is -1.61. The van der Waals surface area contributed by atoms with E-state index < -0.39 is 0 Å². The maximum Gasteiger partial charge on any atom is 0.227 e. The average molecular weight is 302 g/mol. The lowest BCUT2D eigenvalue weighted by Crippen LogP contribution is -1.84. The number of fused-ring (bicyclic) bond motifs is 1. The van der Waals surface area contributed by atoms with E-state index in [0.29, 0.717) is 5.89 Å². The quantitative estimate of drug-likeness (QED) is 0.640. The summed E-state index contributed by atoms with van der Waals surface area (Å²) in [5, 5.41) is 0. The van der Waals surface area contributed by atoms with Crippen LogP contribution in [0.5, 0.6) is 0 Å². The van der Waals surface area contributed by atoms with Crippen LogP contribution in [0.4, 0.5) is 0 Å². The number of benzene rings is 2. The van der Waals surface area contributed by atoms with Gasteiger partial charge in [0.2, 0.25) is 5.89 Å². The van der Waals surface area contributed by atoms with Crippen molar-refractivity contribution in [1.82, 2.24) is 4.98 Å². The molecule has 0 saturated heterocycles. The molecule has 18 heavy (non-hydrogen) atoms. The lowest BCUT2D eigenvalue weighted by Gasteiger charge is -2.02. The topological polar surface area (TPSA) is 26.0 Å². The zero-order valence-corrected chi connectivity index (χ0v) is 11.8. The Morgan fingerprint density at radius 1 is 1.11 bits per heavy atom. The van der Waals surface area contributed by atoms with Crippen LogP contribution >= 0.6 is 15.9 Å². The standard InChI is InChI=1S/C15H12BrNO/c1-9-6-7-14-13(8-9)17-15(18-14)11-4-3-5-12(16)10(11)2/h3-8H,1-2H3. The number of nitrogens with zero attached hydrogens (tertiary/aromatic N) is 1. The van der Waals surface area contributed by atoms with Crippen molar-refractivity contribution in [3.8, 4) is 11.5 Å². The first kappa shape index (κ1) is 11.5. The van der Waals surface area contributed by atoms with E-state index in [1.165, 1.54) is 5.56 Å². The first-order valence-corrected chi connectivity index (χ1v) is 6.57. The molecule has 0 N–H and O–H groups in total. The van der Waals surface area contributed by atoms with Crippen LogP contribution in [0.1, 0.15) is 11.1 Å². The van der Waals surface area contributed by atoms with Crippen molar-refractivity contribution in [2.24, 2.45) is 0 Å². The minimum atomic E-state index is 0.675. The molecule has 1 aromatic heterocycles. The first-order chi connectivity index (χ1) is 8.65. The molecule has 0 aliphatic heterocycles. The Bertz CT molecular complexity index is 730. The summed E-state index contributed by atoms with van der Waals surface area (Å²) in [7, 11) is 0. The van der Waals surface area contributed by atoms with E-state index in [1.54, 1.807) is 0 Å². The van der Waals surface area contributed by atoms with Gasteiger partial charge in [-0.25, -0.2) is 4.98 Å². The molecule has 2 nitrogen and oxygen atoms in total. The molecule has 0 saturated carbocycles. The molecule has 3 aromatic rings. The molecule has 0 atom stereocenters. The number of rotatable bonds is 1. The Balaban J connectivity index is 2.22. The lowest BCUT2D eigenvalue weighted by atomic mass is 10.1. The molecule has 1 heterocycles. The third-order valence-electron chi connectivity index (χ3n) is 3.04. The lowest BCUT2D eigenvalue weighted by molar-refractivity contribution is 0.619. The summed E-state index contributed by atoms with van der Waals surface area (Å²) in [5.41, 5.74) is 5.09. The molecule has 3 heteroatoms. The summed E-state index contributed by atoms with van der Waals surface area (Å²) in [5.74, 6) is 0.675. The number of aryl methyl sites for hydroxylation is 1. The van der Waals surface area contributed by atoms with Gasteiger partial charge in [0, 0.05) is 10.0 Å². The molecule has 0 aliphatic rings. The van der Waals surface area contributed by atoms with Gasteiger partial charge in [-0.3, -0.25) is 0 Å². The fourth-order valence-electron chi connectivity index (χ4n) is 1.99. The van der Waals surface area contributed by atoms with Crippen molar-refractivity contribution in [3.63, 3.8) is 0 Å². The van der Waals surface area contributed by atoms with Gasteiger partial charge in [0.25, 0.3) is 0 Å². The molecule has 2 aromatic carbocycles. The second kappa shape index (κ2) is 4.25. The van der Waals surface area contributed by atoms with Gasteiger partial charge in [0.05, 0.1) is 0 Å². The van der Waals surface area contributed by atoms with Gasteiger partial charge in [-0.05, 0) is 49.2 Å². The van der Waals surface area contributed by atoms with Crippen LogP contribution < -0.4 is 0 Å². The van der Waals surface area contributed by atoms with Crippen LogP contribution in [0, 0.1) is 13.8 Å². The molecule has 0 spiro atoms. The van der Waals surface area contributed by atoms with Crippen LogP contribution in [-0.4, -0.2) is 4.98 Å². The van der Waals surface area contributed by atoms with Crippen molar-refractivity contribution in [2.45, 2.75) is 13.8 Å². The molecule has 0 radical (unpaired) electrons. The molecule has 0 fully saturated rings. The second-order valence-corrected chi connectivity index (χ2v) is 5.26. The molecule has 0 bridgehead atoms. The van der Waals surface area contributed by atoms with Gasteiger partial charge < -0.3 is 4.42 Å². The monoisotopic (exact) mass is 301 g/mol. The normalized spacial score (nSPS) is 11.1. The summed E-state index contributed by atoms with van der Waals surface area (Å²) < 4.78 is 6.88. The first-order valence-electron chi connectivity index (χ1n) is 5.78. The van der Waals surface area contributed by atoms with E-state index in [2.05, 4.69) is 34.8 Å². The van der Waals surface area contributed by atoms with E-state index in [1.807, 2.05) is 36.4 Å². The SMILES string of the molecule is Cc1ccc2oc(-c3cccc(Br)c3C)nc2c1. The molecular weight excluding hydrogens is 290 g/mol. The van der Waals surface area contributed by atoms with Gasteiger partial charge in [0.15, 0.2) is 5.58 Å². The summed E-state index contributed by atoms with van der Waals surface area (Å²) in [6.45, 7) is 4.11. The van der Waals surface area contributed by atoms with E-state index in [-0.39, 0.29) is 0 Å². The van der Waals surface area contributed by atoms with E-state index in [4.69, 9.17) is 4.42 Å². The number of aromatic nitrogens is 1. The van der Waals surface area contributed by atoms with E-state index in [9.17, 15) is 0 Å². The van der Waals surface area contributed by atoms with Crippen molar-refractivity contribution < 1.29 is 4.42 Å². The molecule has 0 aliphatic carbocycles. The fraction of sp³-hybridized carbons (Fsp3) is 0.133. The largest absolute Gasteiger partial charge is 0.436 e. The zero-order valence-electron chi connectivity index (χ0n) is 10.2. The highest BCUT2D eigenvalue weighted by Gasteiger charge is 2.11. The number of hydrogen-bond donors (Lipinski definition) is 0. The zero-order chi connectivity index (χ0) is 12.7. The molecular formula is C15H12BrNO. The van der Waals surface area contributed by atoms with Gasteiger partial charge in [-0.15, -0.1) is 0 Å². The summed E-state index contributed by atoms with van der Waals surface area (Å²) >= 11 is 3.53. The van der Waals surface area contributed by atoms with E-state index in [0.717, 1.165) is 26.7 Å². The van der Waals surface area contributed by atoms with Crippen LogP contribution in [0.2, 0.25) is 0 Å². The van der Waals surface area contributed by atoms with Gasteiger partial charge in [0.1, 0.15) is 5.52 Å². The second-order valence-electron chi connectivity index (χ2n) is 4.40. The highest BCUT2D eigenvalue weighted by Crippen LogP contribution is 2.30. The minimum absolute atomic E-state index is 0.675. The van der Waals surface area contributed by atoms with Crippen LogP contribution in [-0.2, 0) is 0 Å². The molecule has 0 unspecified atom stereocenters. The number of halogens is 1. The van der Waals surface area contributed by atoms with Crippen molar-refractivity contribution in [1.29, 1.82) is 0 Å². The number of hydrogen-bond acceptors (Lipinski definition) is 2. The Morgan fingerprint density at radius 3 is 2.78 bits per heavy atom. The Morgan fingerprint density at radius 2 is 1.94 bits per heavy atom. The highest BCUT2D eigenvalue weighted by atomic mass is 79.9. The van der Waals surface area contributed by atoms with Crippen LogP contribution in [0.15, 0.2) is 45.3 Å². The summed E-state index contributed by atoms with van der Waals surface area (Å²) in [6, 6.07) is 12.1. The summed E-state index contributed by atoms with van der Waals surface area (Å²) in [6.07, 6.45) is 0. The van der Waals surface area contributed by atoms with E-state index >= 15 is 0 Å². The van der Waals surface area contributed by atoms with Crippen LogP contribution in [0.3, 0.4) is 0 Å². The smallest absolute Gasteiger partial charge is 0.227 e. The minimum Gasteiger partial charge on any atom is -0.436 e. The maximum atomic E-state index is 5.81. The molecule has 90 valence electrons. The fourth-order valence-corrected chi connectivity index (χ4v) is 2.36. The molecule has 3 rings (SSSR count). The third-order valence-corrected chi connectivity index (χ3v) is 3.90. The third kappa shape index (κ3) is 1.85. The van der Waals surface area contributed by atoms with Gasteiger partial charge >= 0.3 is 0 Å². The van der Waals surface area contributed by atoms with Crippen LogP contribution in [0.25, 0.3) is 22.6 Å². The Kier molecular flexibility index (Phi) is 2.71.